The summed E-state index contributed by atoms with van der Waals surface area (Å²) in [5, 5.41) is 2.55. The quantitative estimate of drug-likeness (QED) is 0.592. The maximum atomic E-state index is 10.6. The first-order valence-electron chi connectivity index (χ1n) is 5.87. The van der Waals surface area contributed by atoms with Crippen LogP contribution in [0.4, 0.5) is 0 Å². The van der Waals surface area contributed by atoms with Crippen LogP contribution in [0.15, 0.2) is 42.5 Å². The minimum absolute atomic E-state index is 0.206. The van der Waals surface area contributed by atoms with Gasteiger partial charge in [0.2, 0.25) is 0 Å². The van der Waals surface area contributed by atoms with Gasteiger partial charge in [-0.2, -0.15) is 0 Å². The molecule has 0 unspecified atom stereocenters. The number of carbonyl (C=O) groups excluding carboxylic acids is 1. The van der Waals surface area contributed by atoms with Gasteiger partial charge in [0.1, 0.15) is 0 Å². The third kappa shape index (κ3) is 3.06. The van der Waals surface area contributed by atoms with Crippen molar-refractivity contribution in [3.63, 3.8) is 0 Å². The summed E-state index contributed by atoms with van der Waals surface area (Å²) in [5.74, 6) is -0.206. The molecular formula is C15H16O2. The molecule has 0 amide bonds. The predicted octanol–water partition coefficient (Wildman–Crippen LogP) is 3.34. The maximum Gasteiger partial charge on any atom is 0.302 e. The van der Waals surface area contributed by atoms with Crippen LogP contribution in [0.25, 0.3) is 10.8 Å². The number of hydrogen-bond donors (Lipinski definition) is 0. The Morgan fingerprint density at radius 2 is 1.88 bits per heavy atom. The molecule has 0 radical (unpaired) electrons. The second-order valence-electron chi connectivity index (χ2n) is 4.08. The van der Waals surface area contributed by atoms with Crippen molar-refractivity contribution in [1.82, 2.24) is 0 Å². The molecule has 0 bridgehead atoms. The van der Waals surface area contributed by atoms with Gasteiger partial charge in [0, 0.05) is 6.92 Å². The zero-order valence-corrected chi connectivity index (χ0v) is 9.98. The van der Waals surface area contributed by atoms with Crippen molar-refractivity contribution >= 4 is 16.7 Å². The number of ether oxygens (including phenoxy) is 1. The lowest BCUT2D eigenvalue weighted by atomic mass is 10.0. The molecule has 0 aromatic heterocycles. The van der Waals surface area contributed by atoms with Gasteiger partial charge in [-0.25, -0.2) is 0 Å². The fourth-order valence-corrected chi connectivity index (χ4v) is 1.99. The van der Waals surface area contributed by atoms with Crippen molar-refractivity contribution < 1.29 is 9.53 Å². The molecule has 0 aliphatic rings. The maximum absolute atomic E-state index is 10.6. The Bertz CT molecular complexity index is 512. The van der Waals surface area contributed by atoms with Crippen molar-refractivity contribution in [2.75, 3.05) is 6.61 Å². The van der Waals surface area contributed by atoms with Gasteiger partial charge < -0.3 is 4.74 Å². The van der Waals surface area contributed by atoms with E-state index in [1.165, 1.54) is 23.3 Å². The fourth-order valence-electron chi connectivity index (χ4n) is 1.99. The number of benzene rings is 2. The predicted molar refractivity (Wildman–Crippen MR) is 68.9 cm³/mol. The largest absolute Gasteiger partial charge is 0.466 e. The summed E-state index contributed by atoms with van der Waals surface area (Å²) in [6.07, 6.45) is 1.81. The van der Waals surface area contributed by atoms with E-state index in [0.717, 1.165) is 12.8 Å². The van der Waals surface area contributed by atoms with Crippen molar-refractivity contribution in [2.45, 2.75) is 19.8 Å². The van der Waals surface area contributed by atoms with Crippen LogP contribution in [0.3, 0.4) is 0 Å². The molecule has 0 atom stereocenters. The van der Waals surface area contributed by atoms with Crippen LogP contribution in [0.5, 0.6) is 0 Å². The summed E-state index contributed by atoms with van der Waals surface area (Å²) in [7, 11) is 0. The number of carbonyl (C=O) groups is 1. The summed E-state index contributed by atoms with van der Waals surface area (Å²) in [4.78, 5) is 10.6. The van der Waals surface area contributed by atoms with Gasteiger partial charge in [-0.05, 0) is 29.2 Å². The molecule has 88 valence electrons. The smallest absolute Gasteiger partial charge is 0.302 e. The van der Waals surface area contributed by atoms with Crippen molar-refractivity contribution in [1.29, 1.82) is 0 Å². The molecule has 17 heavy (non-hydrogen) atoms. The van der Waals surface area contributed by atoms with Gasteiger partial charge in [-0.15, -0.1) is 0 Å². The van der Waals surface area contributed by atoms with Gasteiger partial charge >= 0.3 is 5.97 Å². The third-order valence-corrected chi connectivity index (χ3v) is 2.78. The topological polar surface area (TPSA) is 26.3 Å². The second kappa shape index (κ2) is 5.48. The monoisotopic (exact) mass is 228 g/mol. The summed E-state index contributed by atoms with van der Waals surface area (Å²) < 4.78 is 4.94. The van der Waals surface area contributed by atoms with Gasteiger partial charge in [0.05, 0.1) is 6.61 Å². The van der Waals surface area contributed by atoms with E-state index in [9.17, 15) is 4.79 Å². The van der Waals surface area contributed by atoms with Gasteiger partial charge in [0.25, 0.3) is 0 Å². The summed E-state index contributed by atoms with van der Waals surface area (Å²) in [6, 6.07) is 14.7. The molecule has 2 rings (SSSR count). The Labute approximate surface area is 101 Å². The van der Waals surface area contributed by atoms with E-state index in [4.69, 9.17) is 4.74 Å². The highest BCUT2D eigenvalue weighted by molar-refractivity contribution is 5.85. The first kappa shape index (κ1) is 11.6. The molecule has 2 nitrogen and oxygen atoms in total. The van der Waals surface area contributed by atoms with Crippen molar-refractivity contribution in [2.24, 2.45) is 0 Å². The number of aryl methyl sites for hydroxylation is 1. The van der Waals surface area contributed by atoms with E-state index in [0.29, 0.717) is 6.61 Å². The first-order valence-corrected chi connectivity index (χ1v) is 5.87. The molecule has 0 aliphatic carbocycles. The molecular weight excluding hydrogens is 212 g/mol. The van der Waals surface area contributed by atoms with Crippen LogP contribution in [0, 0.1) is 0 Å². The lowest BCUT2D eigenvalue weighted by molar-refractivity contribution is -0.141. The summed E-state index contributed by atoms with van der Waals surface area (Å²) in [5.41, 5.74) is 1.32. The molecule has 0 saturated carbocycles. The SMILES string of the molecule is CC(=O)OCCCc1cccc2ccccc12. The van der Waals surface area contributed by atoms with Crippen LogP contribution < -0.4 is 0 Å². The van der Waals surface area contributed by atoms with Crippen LogP contribution in [-0.2, 0) is 16.0 Å². The minimum atomic E-state index is -0.206. The second-order valence-corrected chi connectivity index (χ2v) is 4.08. The molecule has 0 spiro atoms. The normalized spacial score (nSPS) is 10.4. The standard InChI is InChI=1S/C15H16O2/c1-12(16)17-11-5-9-14-8-4-7-13-6-2-3-10-15(13)14/h2-4,6-8,10H,5,9,11H2,1H3. The molecule has 0 N–H and O–H groups in total. The molecule has 2 aromatic carbocycles. The van der Waals surface area contributed by atoms with Gasteiger partial charge in [-0.1, -0.05) is 42.5 Å². The zero-order valence-electron chi connectivity index (χ0n) is 9.98. The average Bonchev–Trinajstić information content (AvgIpc) is 2.34. The first-order chi connectivity index (χ1) is 8.27. The van der Waals surface area contributed by atoms with E-state index in [2.05, 4.69) is 36.4 Å². The third-order valence-electron chi connectivity index (χ3n) is 2.78. The van der Waals surface area contributed by atoms with E-state index >= 15 is 0 Å². The van der Waals surface area contributed by atoms with Crippen LogP contribution in [0.2, 0.25) is 0 Å². The Morgan fingerprint density at radius 1 is 1.12 bits per heavy atom. The van der Waals surface area contributed by atoms with Crippen molar-refractivity contribution in [3.05, 3.63) is 48.0 Å². The number of hydrogen-bond acceptors (Lipinski definition) is 2. The van der Waals surface area contributed by atoms with E-state index in [1.807, 2.05) is 6.07 Å². The molecule has 2 aromatic rings. The average molecular weight is 228 g/mol. The Hall–Kier alpha value is -1.83. The lowest BCUT2D eigenvalue weighted by Crippen LogP contribution is -2.01. The number of esters is 1. The zero-order chi connectivity index (χ0) is 12.1. The molecule has 0 aliphatic heterocycles. The molecule has 0 saturated heterocycles. The van der Waals surface area contributed by atoms with E-state index < -0.39 is 0 Å². The highest BCUT2D eigenvalue weighted by Gasteiger charge is 2.00. The fraction of sp³-hybridized carbons (Fsp3) is 0.267. The Kier molecular flexibility index (Phi) is 3.76. The highest BCUT2D eigenvalue weighted by Crippen LogP contribution is 2.19. The summed E-state index contributed by atoms with van der Waals surface area (Å²) in [6.45, 7) is 1.94. The van der Waals surface area contributed by atoms with Crippen LogP contribution in [0.1, 0.15) is 18.9 Å². The molecule has 2 heteroatoms. The minimum Gasteiger partial charge on any atom is -0.466 e. The Balaban J connectivity index is 2.05. The number of fused-ring (bicyclic) bond motifs is 1. The molecule has 0 fully saturated rings. The van der Waals surface area contributed by atoms with Crippen molar-refractivity contribution in [3.8, 4) is 0 Å². The van der Waals surface area contributed by atoms with Gasteiger partial charge in [0.15, 0.2) is 0 Å². The highest BCUT2D eigenvalue weighted by atomic mass is 16.5. The summed E-state index contributed by atoms with van der Waals surface area (Å²) >= 11 is 0. The van der Waals surface area contributed by atoms with Crippen LogP contribution >= 0.6 is 0 Å². The van der Waals surface area contributed by atoms with E-state index in [-0.39, 0.29) is 5.97 Å². The van der Waals surface area contributed by atoms with Gasteiger partial charge in [-0.3, -0.25) is 4.79 Å². The lowest BCUT2D eigenvalue weighted by Gasteiger charge is -2.06. The Morgan fingerprint density at radius 3 is 2.71 bits per heavy atom. The number of rotatable bonds is 4. The van der Waals surface area contributed by atoms with Crippen LogP contribution in [-0.4, -0.2) is 12.6 Å². The molecule has 0 heterocycles. The van der Waals surface area contributed by atoms with E-state index in [1.54, 1.807) is 0 Å².